The number of hydrogen-bond acceptors (Lipinski definition) is 4. The first-order valence-electron chi connectivity index (χ1n) is 4.66. The van der Waals surface area contributed by atoms with Crippen molar-refractivity contribution in [3.05, 3.63) is 18.0 Å². The van der Waals surface area contributed by atoms with Gasteiger partial charge in [-0.1, -0.05) is 0 Å². The van der Waals surface area contributed by atoms with Crippen molar-refractivity contribution in [3.8, 4) is 0 Å². The molecule has 1 aliphatic heterocycles. The van der Waals surface area contributed by atoms with Crippen LogP contribution in [-0.4, -0.2) is 34.4 Å². The summed E-state index contributed by atoms with van der Waals surface area (Å²) in [7, 11) is 1.82. The van der Waals surface area contributed by atoms with Gasteiger partial charge in [0, 0.05) is 19.7 Å². The van der Waals surface area contributed by atoms with Crippen LogP contribution in [0.25, 0.3) is 0 Å². The molecule has 2 heterocycles. The van der Waals surface area contributed by atoms with Crippen LogP contribution >= 0.6 is 0 Å². The second-order valence-corrected chi connectivity index (χ2v) is 3.34. The lowest BCUT2D eigenvalue weighted by Gasteiger charge is -2.12. The molecule has 1 atom stereocenters. The normalized spacial score (nSPS) is 20.1. The third-order valence-electron chi connectivity index (χ3n) is 2.18. The van der Waals surface area contributed by atoms with Gasteiger partial charge in [-0.3, -0.25) is 4.68 Å². The zero-order valence-electron chi connectivity index (χ0n) is 8.09. The summed E-state index contributed by atoms with van der Waals surface area (Å²) in [5, 5.41) is 13.9. The maximum Gasteiger partial charge on any atom is 0.160 e. The van der Waals surface area contributed by atoms with Gasteiger partial charge in [0.25, 0.3) is 0 Å². The minimum absolute atomic E-state index is 0.285. The molecule has 78 valence electrons. The number of ether oxygens (including phenoxy) is 2. The Morgan fingerprint density at radius 1 is 1.64 bits per heavy atom. The van der Waals surface area contributed by atoms with Gasteiger partial charge in [0.1, 0.15) is 6.10 Å². The lowest BCUT2D eigenvalue weighted by molar-refractivity contribution is -0.0714. The third kappa shape index (κ3) is 2.12. The van der Waals surface area contributed by atoms with Crippen LogP contribution in [0, 0.1) is 0 Å². The fourth-order valence-electron chi connectivity index (χ4n) is 1.46. The molecule has 0 saturated carbocycles. The molecule has 1 fully saturated rings. The molecule has 0 radical (unpaired) electrons. The van der Waals surface area contributed by atoms with Gasteiger partial charge < -0.3 is 14.6 Å². The van der Waals surface area contributed by atoms with Crippen molar-refractivity contribution < 1.29 is 14.6 Å². The number of hydrogen-bond donors (Lipinski definition) is 1. The highest BCUT2D eigenvalue weighted by atomic mass is 16.7. The van der Waals surface area contributed by atoms with E-state index in [4.69, 9.17) is 9.47 Å². The van der Waals surface area contributed by atoms with Crippen LogP contribution in [0.1, 0.15) is 18.2 Å². The summed E-state index contributed by atoms with van der Waals surface area (Å²) in [4.78, 5) is 0. The summed E-state index contributed by atoms with van der Waals surface area (Å²) in [5.41, 5.74) is 0.659. The maximum absolute atomic E-state index is 9.76. The number of aromatic nitrogens is 2. The Morgan fingerprint density at radius 3 is 2.93 bits per heavy atom. The first-order valence-corrected chi connectivity index (χ1v) is 4.66. The molecule has 0 spiro atoms. The summed E-state index contributed by atoms with van der Waals surface area (Å²) >= 11 is 0. The van der Waals surface area contributed by atoms with Crippen molar-refractivity contribution in [2.45, 2.75) is 18.8 Å². The Kier molecular flexibility index (Phi) is 2.81. The van der Waals surface area contributed by atoms with Gasteiger partial charge in [-0.15, -0.1) is 0 Å². The van der Waals surface area contributed by atoms with E-state index < -0.39 is 6.10 Å². The zero-order chi connectivity index (χ0) is 9.97. The third-order valence-corrected chi connectivity index (χ3v) is 2.18. The van der Waals surface area contributed by atoms with E-state index in [1.165, 1.54) is 0 Å². The number of aryl methyl sites for hydroxylation is 1. The minimum Gasteiger partial charge on any atom is -0.387 e. The Bertz CT molecular complexity index is 294. The van der Waals surface area contributed by atoms with Gasteiger partial charge in [-0.05, 0) is 6.07 Å². The lowest BCUT2D eigenvalue weighted by atomic mass is 10.2. The van der Waals surface area contributed by atoms with E-state index in [-0.39, 0.29) is 6.29 Å². The van der Waals surface area contributed by atoms with Gasteiger partial charge in [-0.2, -0.15) is 5.10 Å². The van der Waals surface area contributed by atoms with Crippen molar-refractivity contribution in [2.24, 2.45) is 7.05 Å². The van der Waals surface area contributed by atoms with Gasteiger partial charge >= 0.3 is 0 Å². The van der Waals surface area contributed by atoms with Gasteiger partial charge in [0.2, 0.25) is 0 Å². The molecule has 0 amide bonds. The van der Waals surface area contributed by atoms with Crippen LogP contribution in [0.3, 0.4) is 0 Å². The summed E-state index contributed by atoms with van der Waals surface area (Å²) < 4.78 is 12.1. The zero-order valence-corrected chi connectivity index (χ0v) is 8.09. The number of nitrogens with zero attached hydrogens (tertiary/aromatic N) is 2. The molecule has 14 heavy (non-hydrogen) atoms. The highest BCUT2D eigenvalue weighted by Crippen LogP contribution is 2.20. The molecule has 1 aliphatic rings. The molecule has 5 nitrogen and oxygen atoms in total. The molecule has 0 aliphatic carbocycles. The summed E-state index contributed by atoms with van der Waals surface area (Å²) in [6.07, 6.45) is 1.35. The molecule has 1 N–H and O–H groups in total. The Labute approximate surface area is 82.2 Å². The van der Waals surface area contributed by atoms with Crippen LogP contribution in [0.4, 0.5) is 0 Å². The van der Waals surface area contributed by atoms with E-state index >= 15 is 0 Å². The van der Waals surface area contributed by atoms with Crippen molar-refractivity contribution in [1.82, 2.24) is 9.78 Å². The van der Waals surface area contributed by atoms with Crippen LogP contribution in [0.15, 0.2) is 12.3 Å². The van der Waals surface area contributed by atoms with Crippen LogP contribution in [0.5, 0.6) is 0 Å². The van der Waals surface area contributed by atoms with Crippen molar-refractivity contribution >= 4 is 0 Å². The van der Waals surface area contributed by atoms with Crippen molar-refractivity contribution in [3.63, 3.8) is 0 Å². The molecule has 1 aromatic rings. The molecular formula is C9H14N2O3. The van der Waals surface area contributed by atoms with E-state index in [1.807, 2.05) is 7.05 Å². The monoisotopic (exact) mass is 198 g/mol. The van der Waals surface area contributed by atoms with Crippen LogP contribution in [0.2, 0.25) is 0 Å². The van der Waals surface area contributed by atoms with Gasteiger partial charge in [0.15, 0.2) is 6.29 Å². The van der Waals surface area contributed by atoms with Gasteiger partial charge in [0.05, 0.1) is 18.9 Å². The van der Waals surface area contributed by atoms with E-state index in [0.717, 1.165) is 0 Å². The fraction of sp³-hybridized carbons (Fsp3) is 0.667. The Morgan fingerprint density at radius 2 is 2.36 bits per heavy atom. The topological polar surface area (TPSA) is 56.5 Å². The predicted molar refractivity (Wildman–Crippen MR) is 48.5 cm³/mol. The number of aliphatic hydroxyl groups excluding tert-OH is 1. The largest absolute Gasteiger partial charge is 0.387 e. The predicted octanol–water partition coefficient (Wildman–Crippen LogP) is 0.216. The number of aliphatic hydroxyl groups is 1. The van der Waals surface area contributed by atoms with E-state index in [2.05, 4.69) is 5.10 Å². The summed E-state index contributed by atoms with van der Waals surface area (Å²) in [6.45, 7) is 1.22. The first-order chi connectivity index (χ1) is 6.75. The molecule has 2 rings (SSSR count). The average Bonchev–Trinajstić information content (AvgIpc) is 2.75. The standard InChI is InChI=1S/C9H14N2O3/c1-11-3-2-7(10-11)8(12)6-9-13-4-5-14-9/h2-3,8-9,12H,4-6H2,1H3. The van der Waals surface area contributed by atoms with E-state index in [9.17, 15) is 5.11 Å². The highest BCUT2D eigenvalue weighted by molar-refractivity contribution is 5.02. The van der Waals surface area contributed by atoms with E-state index in [1.54, 1.807) is 16.9 Å². The van der Waals surface area contributed by atoms with Gasteiger partial charge in [-0.25, -0.2) is 0 Å². The highest BCUT2D eigenvalue weighted by Gasteiger charge is 2.22. The fourth-order valence-corrected chi connectivity index (χ4v) is 1.46. The summed E-state index contributed by atoms with van der Waals surface area (Å²) in [5.74, 6) is 0. The molecule has 1 aromatic heterocycles. The Balaban J connectivity index is 1.91. The van der Waals surface area contributed by atoms with Crippen LogP contribution in [-0.2, 0) is 16.5 Å². The SMILES string of the molecule is Cn1ccc(C(O)CC2OCCO2)n1. The molecule has 5 heteroatoms. The smallest absolute Gasteiger partial charge is 0.160 e. The van der Waals surface area contributed by atoms with Crippen molar-refractivity contribution in [1.29, 1.82) is 0 Å². The molecular weight excluding hydrogens is 184 g/mol. The van der Waals surface area contributed by atoms with Crippen molar-refractivity contribution in [2.75, 3.05) is 13.2 Å². The Hall–Kier alpha value is -0.910. The molecule has 1 saturated heterocycles. The van der Waals surface area contributed by atoms with E-state index in [0.29, 0.717) is 25.3 Å². The molecule has 0 bridgehead atoms. The molecule has 1 unspecified atom stereocenters. The quantitative estimate of drug-likeness (QED) is 0.754. The summed E-state index contributed by atoms with van der Waals surface area (Å²) in [6, 6.07) is 1.79. The first kappa shape index (κ1) is 9.64. The number of rotatable bonds is 3. The second kappa shape index (κ2) is 4.08. The maximum atomic E-state index is 9.76. The van der Waals surface area contributed by atoms with Crippen LogP contribution < -0.4 is 0 Å². The second-order valence-electron chi connectivity index (χ2n) is 3.34. The average molecular weight is 198 g/mol. The molecule has 0 aromatic carbocycles. The minimum atomic E-state index is -0.612. The lowest BCUT2D eigenvalue weighted by Crippen LogP contribution is -2.13.